The quantitative estimate of drug-likeness (QED) is 0.132. The molecule has 0 aromatic rings. The van der Waals surface area contributed by atoms with Crippen molar-refractivity contribution in [2.24, 2.45) is 17.6 Å². The van der Waals surface area contributed by atoms with Gasteiger partial charge in [-0.1, -0.05) is 20.3 Å². The van der Waals surface area contributed by atoms with Crippen LogP contribution in [0.3, 0.4) is 0 Å². The second-order valence-corrected chi connectivity index (χ2v) is 9.40. The maximum absolute atomic E-state index is 13.2. The number of urea groups is 1. The van der Waals surface area contributed by atoms with Gasteiger partial charge < -0.3 is 26.1 Å². The summed E-state index contributed by atoms with van der Waals surface area (Å²) in [5.41, 5.74) is 5.05. The van der Waals surface area contributed by atoms with Gasteiger partial charge in [-0.3, -0.25) is 28.9 Å². The number of nitrogens with one attached hydrogen (secondary N) is 2. The monoisotopic (exact) mass is 522 g/mol. The number of nitrogens with two attached hydrogens (primary N) is 1. The molecular formula is C25H39N5O7. The number of likely N-dealkylation sites (N-methyl/N-ethyl adjacent to an activating group) is 1. The van der Waals surface area contributed by atoms with E-state index in [0.29, 0.717) is 25.7 Å². The van der Waals surface area contributed by atoms with Crippen molar-refractivity contribution < 1.29 is 34.9 Å². The minimum atomic E-state index is -0.941. The van der Waals surface area contributed by atoms with Gasteiger partial charge in [-0.2, -0.15) is 0 Å². The summed E-state index contributed by atoms with van der Waals surface area (Å²) in [6.07, 6.45) is 3.76. The molecular weight excluding hydrogens is 482 g/mol. The van der Waals surface area contributed by atoms with Gasteiger partial charge in [0.2, 0.25) is 11.8 Å². The average molecular weight is 523 g/mol. The van der Waals surface area contributed by atoms with Crippen LogP contribution in [0, 0.1) is 11.8 Å². The molecule has 12 heteroatoms. The lowest BCUT2D eigenvalue weighted by Gasteiger charge is -2.26. The molecule has 6 amide bonds. The van der Waals surface area contributed by atoms with Crippen LogP contribution < -0.4 is 16.4 Å². The SMILES string of the molecule is [2H]C(=O)CN(C)C(=O)[C@H](CCCNC(N)=O)CC(=O)[C@@H](NC(=O)CCCCCN1C(=O)C=CC1=O)C(C)C. The van der Waals surface area contributed by atoms with Crippen molar-refractivity contribution >= 4 is 41.7 Å². The number of unbranched alkanes of at least 4 members (excludes halogenated alkanes) is 2. The van der Waals surface area contributed by atoms with Crippen molar-refractivity contribution in [3.05, 3.63) is 12.2 Å². The molecule has 0 aliphatic carbocycles. The van der Waals surface area contributed by atoms with E-state index in [-0.39, 0.29) is 61.8 Å². The fourth-order valence-electron chi connectivity index (χ4n) is 3.98. The van der Waals surface area contributed by atoms with Crippen LogP contribution in [0.4, 0.5) is 4.79 Å². The van der Waals surface area contributed by atoms with Crippen LogP contribution in [0.1, 0.15) is 60.2 Å². The lowest BCUT2D eigenvalue weighted by molar-refractivity contribution is -0.139. The van der Waals surface area contributed by atoms with Crippen LogP contribution in [0.25, 0.3) is 0 Å². The number of primary amides is 1. The predicted octanol–water partition coefficient (Wildman–Crippen LogP) is 0.294. The van der Waals surface area contributed by atoms with Crippen molar-refractivity contribution in [3.8, 4) is 0 Å². The third-order valence-corrected chi connectivity index (χ3v) is 6.02. The molecule has 4 N–H and O–H groups in total. The Hall–Kier alpha value is -3.57. The Kier molecular flexibility index (Phi) is 13.0. The number of nitrogens with zero attached hydrogens (tertiary/aromatic N) is 2. The van der Waals surface area contributed by atoms with Gasteiger partial charge in [-0.05, 0) is 31.6 Å². The molecule has 1 heterocycles. The number of amides is 6. The maximum Gasteiger partial charge on any atom is 0.312 e. The van der Waals surface area contributed by atoms with Gasteiger partial charge in [0.15, 0.2) is 5.78 Å². The van der Waals surface area contributed by atoms with E-state index >= 15 is 0 Å². The highest BCUT2D eigenvalue weighted by molar-refractivity contribution is 6.12. The van der Waals surface area contributed by atoms with Gasteiger partial charge in [0.1, 0.15) is 7.63 Å². The van der Waals surface area contributed by atoms with Crippen molar-refractivity contribution in [2.45, 2.75) is 64.8 Å². The Morgan fingerprint density at radius 2 is 1.76 bits per heavy atom. The van der Waals surface area contributed by atoms with E-state index in [1.165, 1.54) is 19.2 Å². The maximum atomic E-state index is 13.2. The highest BCUT2D eigenvalue weighted by Gasteiger charge is 2.30. The van der Waals surface area contributed by atoms with Crippen LogP contribution in [-0.4, -0.2) is 84.2 Å². The summed E-state index contributed by atoms with van der Waals surface area (Å²) in [6, 6.07) is -1.53. The summed E-state index contributed by atoms with van der Waals surface area (Å²) in [5, 5.41) is 5.17. The summed E-state index contributed by atoms with van der Waals surface area (Å²) in [6.45, 7) is 3.63. The summed E-state index contributed by atoms with van der Waals surface area (Å²) >= 11 is 0. The lowest BCUT2D eigenvalue weighted by Crippen LogP contribution is -2.46. The molecule has 1 aliphatic rings. The van der Waals surface area contributed by atoms with E-state index in [0.717, 1.165) is 9.80 Å². The number of Topliss-reactive ketones (excluding diaryl/α,β-unsaturated/α-hetero) is 1. The molecule has 0 unspecified atom stereocenters. The van der Waals surface area contributed by atoms with Crippen LogP contribution in [0.5, 0.6) is 0 Å². The van der Waals surface area contributed by atoms with Crippen molar-refractivity contribution in [2.75, 3.05) is 26.7 Å². The fourth-order valence-corrected chi connectivity index (χ4v) is 3.98. The number of carbonyl (C=O) groups excluding carboxylic acids is 7. The lowest BCUT2D eigenvalue weighted by atomic mass is 9.89. The average Bonchev–Trinajstić information content (AvgIpc) is 3.14. The van der Waals surface area contributed by atoms with Crippen LogP contribution in [0.15, 0.2) is 12.2 Å². The minimum Gasteiger partial charge on any atom is -0.352 e. The highest BCUT2D eigenvalue weighted by atomic mass is 16.2. The number of rotatable bonds is 18. The Bertz CT molecular complexity index is 919. The van der Waals surface area contributed by atoms with E-state index in [9.17, 15) is 33.6 Å². The van der Waals surface area contributed by atoms with Gasteiger partial charge >= 0.3 is 6.03 Å². The molecule has 0 bridgehead atoms. The zero-order valence-electron chi connectivity index (χ0n) is 22.8. The van der Waals surface area contributed by atoms with Gasteiger partial charge in [0.05, 0.1) is 12.6 Å². The van der Waals surface area contributed by atoms with E-state index in [4.69, 9.17) is 7.10 Å². The first-order valence-corrected chi connectivity index (χ1v) is 12.5. The Morgan fingerprint density at radius 3 is 2.32 bits per heavy atom. The molecule has 0 aromatic carbocycles. The number of hydrogen-bond donors (Lipinski definition) is 3. The van der Waals surface area contributed by atoms with Crippen molar-refractivity contribution in [3.63, 3.8) is 0 Å². The molecule has 0 aromatic heterocycles. The van der Waals surface area contributed by atoms with E-state index < -0.39 is 36.7 Å². The molecule has 0 fully saturated rings. The first-order chi connectivity index (χ1) is 17.8. The largest absolute Gasteiger partial charge is 0.352 e. The third-order valence-electron chi connectivity index (χ3n) is 6.02. The first-order valence-electron chi connectivity index (χ1n) is 13.0. The number of aldehydes is 1. The standard InChI is InChI=1S/C25H39N5O7/c1-17(2)23(28-20(33)9-5-4-6-13-30-21(34)10-11-22(30)35)19(32)16-18(8-7-12-27-25(26)37)24(36)29(3)14-15-31/h10-11,15,17-18,23H,4-9,12-14,16H2,1-3H3,(H,28,33)(H3,26,27,37)/t18-,23+/m1/s1/i15D. The van der Waals surface area contributed by atoms with E-state index in [2.05, 4.69) is 10.6 Å². The molecule has 1 aliphatic heterocycles. The van der Waals surface area contributed by atoms with Crippen molar-refractivity contribution in [1.82, 2.24) is 20.4 Å². The number of ketones is 1. The topological polar surface area (TPSA) is 176 Å². The van der Waals surface area contributed by atoms with Gasteiger partial charge in [0.25, 0.3) is 11.8 Å². The highest BCUT2D eigenvalue weighted by Crippen LogP contribution is 2.18. The molecule has 0 spiro atoms. The number of imide groups is 1. The summed E-state index contributed by atoms with van der Waals surface area (Å²) < 4.78 is 7.10. The molecule has 1 rings (SSSR count). The zero-order valence-corrected chi connectivity index (χ0v) is 21.8. The molecule has 206 valence electrons. The number of hydrogen-bond acceptors (Lipinski definition) is 7. The van der Waals surface area contributed by atoms with Gasteiger partial charge in [-0.15, -0.1) is 0 Å². The molecule has 37 heavy (non-hydrogen) atoms. The molecule has 0 saturated heterocycles. The third kappa shape index (κ3) is 11.4. The Morgan fingerprint density at radius 1 is 1.11 bits per heavy atom. The molecule has 12 nitrogen and oxygen atoms in total. The molecule has 0 saturated carbocycles. The van der Waals surface area contributed by atoms with Gasteiger partial charge in [-0.25, -0.2) is 4.79 Å². The smallest absolute Gasteiger partial charge is 0.312 e. The van der Waals surface area contributed by atoms with E-state index in [1.807, 2.05) is 0 Å². The van der Waals surface area contributed by atoms with Crippen molar-refractivity contribution in [1.29, 1.82) is 0 Å². The normalized spacial score (nSPS) is 14.8. The Balaban J connectivity index is 2.65. The van der Waals surface area contributed by atoms with E-state index in [1.54, 1.807) is 13.8 Å². The summed E-state index contributed by atoms with van der Waals surface area (Å²) in [7, 11) is 1.38. The Labute approximate surface area is 218 Å². The second-order valence-electron chi connectivity index (χ2n) is 9.40. The van der Waals surface area contributed by atoms with Crippen LogP contribution in [-0.2, 0) is 28.8 Å². The van der Waals surface area contributed by atoms with Crippen LogP contribution >= 0.6 is 0 Å². The van der Waals surface area contributed by atoms with Gasteiger partial charge in [0, 0.05) is 51.0 Å². The summed E-state index contributed by atoms with van der Waals surface area (Å²) in [4.78, 5) is 86.0. The molecule has 2 atom stereocenters. The van der Waals surface area contributed by atoms with Crippen LogP contribution in [0.2, 0.25) is 0 Å². The number of carbonyl (C=O) groups is 7. The summed E-state index contributed by atoms with van der Waals surface area (Å²) in [5.74, 6) is -2.86. The predicted molar refractivity (Wildman–Crippen MR) is 135 cm³/mol. The fraction of sp³-hybridized carbons (Fsp3) is 0.640. The second kappa shape index (κ2) is 16.2. The molecule has 0 radical (unpaired) electrons. The first kappa shape index (κ1) is 29.7. The minimum absolute atomic E-state index is 0.159. The zero-order chi connectivity index (χ0) is 28.8.